The third-order valence-corrected chi connectivity index (χ3v) is 5.39. The van der Waals surface area contributed by atoms with Gasteiger partial charge in [-0.05, 0) is 32.0 Å². The molecular weight excluding hydrogens is 408 g/mol. The largest absolute Gasteiger partial charge is 0.456 e. The zero-order valence-electron chi connectivity index (χ0n) is 15.3. The van der Waals surface area contributed by atoms with E-state index in [0.29, 0.717) is 17.3 Å². The normalized spacial score (nSPS) is 10.8. The average molecular weight is 427 g/mol. The topological polar surface area (TPSA) is 72.5 Å². The van der Waals surface area contributed by atoms with E-state index in [1.807, 2.05) is 13.8 Å². The second-order valence-corrected chi connectivity index (χ2v) is 8.33. The van der Waals surface area contributed by atoms with Crippen molar-refractivity contribution in [3.8, 4) is 0 Å². The minimum absolute atomic E-state index is 0.00860. The maximum atomic E-state index is 12.5. The summed E-state index contributed by atoms with van der Waals surface area (Å²) in [6, 6.07) is 7.90. The molecule has 0 atom stereocenters. The van der Waals surface area contributed by atoms with E-state index < -0.39 is 24.2 Å². The van der Waals surface area contributed by atoms with Crippen LogP contribution < -0.4 is 5.32 Å². The molecule has 0 aliphatic heterocycles. The van der Waals surface area contributed by atoms with Crippen molar-refractivity contribution in [2.24, 2.45) is 0 Å². The lowest BCUT2D eigenvalue weighted by Gasteiger charge is -2.10. The molecule has 1 heterocycles. The number of hydrogen-bond acceptors (Lipinski definition) is 6. The molecule has 0 aliphatic rings. The fraction of sp³-hybridized carbons (Fsp3) is 0.316. The van der Waals surface area contributed by atoms with Crippen LogP contribution in [0.25, 0.3) is 0 Å². The summed E-state index contributed by atoms with van der Waals surface area (Å²) in [7, 11) is 0. The van der Waals surface area contributed by atoms with Crippen molar-refractivity contribution in [2.45, 2.75) is 37.3 Å². The van der Waals surface area contributed by atoms with Gasteiger partial charge in [0.15, 0.2) is 12.4 Å². The number of esters is 1. The molecule has 0 radical (unpaired) electrons. The maximum Gasteiger partial charge on any atom is 0.306 e. The van der Waals surface area contributed by atoms with Crippen LogP contribution in [-0.2, 0) is 14.3 Å². The molecular formula is C19H19F2NO4S2. The number of halogens is 2. The van der Waals surface area contributed by atoms with E-state index >= 15 is 0 Å². The van der Waals surface area contributed by atoms with E-state index in [1.165, 1.54) is 23.5 Å². The molecule has 0 saturated carbocycles. The first-order valence-electron chi connectivity index (χ1n) is 8.36. The third kappa shape index (κ3) is 6.72. The number of carbonyl (C=O) groups is 3. The summed E-state index contributed by atoms with van der Waals surface area (Å²) in [5.41, 5.74) is 0.813. The smallest absolute Gasteiger partial charge is 0.306 e. The summed E-state index contributed by atoms with van der Waals surface area (Å²) in [5.74, 6) is -4.10. The van der Waals surface area contributed by atoms with Gasteiger partial charge in [0.1, 0.15) is 0 Å². The molecule has 28 heavy (non-hydrogen) atoms. The van der Waals surface area contributed by atoms with E-state index in [2.05, 4.69) is 5.32 Å². The first-order chi connectivity index (χ1) is 13.3. The average Bonchev–Trinajstić information content (AvgIpc) is 2.97. The highest BCUT2D eigenvalue weighted by Crippen LogP contribution is 2.31. The summed E-state index contributed by atoms with van der Waals surface area (Å²) in [6.07, 6.45) is -0.149. The number of benzene rings is 1. The maximum absolute atomic E-state index is 12.5. The number of hydrogen-bond donors (Lipinski definition) is 1. The molecule has 1 amide bonds. The molecule has 2 aromatic rings. The quantitative estimate of drug-likeness (QED) is 0.353. The lowest BCUT2D eigenvalue weighted by molar-refractivity contribution is -0.147. The molecule has 0 bridgehead atoms. The molecule has 2 rings (SSSR count). The predicted molar refractivity (Wildman–Crippen MR) is 105 cm³/mol. The number of nitrogens with one attached hydrogen (secondary N) is 1. The summed E-state index contributed by atoms with van der Waals surface area (Å²) >= 11 is 1.82. The molecule has 0 unspecified atom stereocenters. The van der Waals surface area contributed by atoms with Crippen molar-refractivity contribution in [3.05, 3.63) is 45.6 Å². The van der Waals surface area contributed by atoms with Gasteiger partial charge in [-0.1, -0.05) is 23.9 Å². The van der Waals surface area contributed by atoms with Crippen molar-refractivity contribution >= 4 is 46.4 Å². The number of thioether (sulfide) groups is 1. The lowest BCUT2D eigenvalue weighted by atomic mass is 10.1. The molecule has 0 spiro atoms. The number of anilines is 1. The standard InChI is InChI=1S/C19H19F2NO4S2/c1-11-9-13(12(2)27-11)15(23)7-8-18(25)26-10-17(24)22-14-5-3-4-6-16(14)28-19(20)21/h3-6,9,19H,7-8,10H2,1-2H3,(H,22,24). The van der Waals surface area contributed by atoms with Crippen molar-refractivity contribution in [3.63, 3.8) is 0 Å². The Morgan fingerprint density at radius 1 is 1.18 bits per heavy atom. The zero-order chi connectivity index (χ0) is 20.7. The highest BCUT2D eigenvalue weighted by Gasteiger charge is 2.16. The van der Waals surface area contributed by atoms with Crippen LogP contribution in [0.5, 0.6) is 0 Å². The first kappa shape index (κ1) is 22.0. The van der Waals surface area contributed by atoms with Gasteiger partial charge < -0.3 is 10.1 Å². The van der Waals surface area contributed by atoms with Gasteiger partial charge >= 0.3 is 5.97 Å². The molecule has 150 valence electrons. The van der Waals surface area contributed by atoms with Gasteiger partial charge in [0.2, 0.25) is 0 Å². The number of ketones is 1. The second-order valence-electron chi connectivity index (χ2n) is 5.83. The molecule has 9 heteroatoms. The number of para-hydroxylation sites is 1. The predicted octanol–water partition coefficient (Wildman–Crippen LogP) is 4.82. The summed E-state index contributed by atoms with van der Waals surface area (Å²) in [5, 5.41) is 2.44. The van der Waals surface area contributed by atoms with Gasteiger partial charge in [0.25, 0.3) is 11.7 Å². The number of ether oxygens (including phenoxy) is 1. The number of Topliss-reactive ketones (excluding diaryl/α,β-unsaturated/α-hetero) is 1. The number of thiophene rings is 1. The number of aryl methyl sites for hydroxylation is 2. The Morgan fingerprint density at radius 2 is 1.89 bits per heavy atom. The Hall–Kier alpha value is -2.26. The van der Waals surface area contributed by atoms with Crippen molar-refractivity contribution < 1.29 is 27.9 Å². The Bertz CT molecular complexity index is 867. The summed E-state index contributed by atoms with van der Waals surface area (Å²) in [4.78, 5) is 38.0. The fourth-order valence-electron chi connectivity index (χ4n) is 2.43. The SMILES string of the molecule is Cc1cc(C(=O)CCC(=O)OCC(=O)Nc2ccccc2SC(F)F)c(C)s1. The van der Waals surface area contributed by atoms with Crippen LogP contribution in [0.15, 0.2) is 35.2 Å². The third-order valence-electron chi connectivity index (χ3n) is 3.64. The molecule has 1 N–H and O–H groups in total. The highest BCUT2D eigenvalue weighted by molar-refractivity contribution is 7.99. The van der Waals surface area contributed by atoms with Crippen LogP contribution in [0.2, 0.25) is 0 Å². The molecule has 5 nitrogen and oxygen atoms in total. The number of alkyl halides is 2. The van der Waals surface area contributed by atoms with Crippen molar-refractivity contribution in [2.75, 3.05) is 11.9 Å². The monoisotopic (exact) mass is 427 g/mol. The van der Waals surface area contributed by atoms with E-state index in [-0.39, 0.29) is 29.2 Å². The van der Waals surface area contributed by atoms with Gasteiger partial charge in [-0.25, -0.2) is 0 Å². The van der Waals surface area contributed by atoms with Crippen LogP contribution in [0.3, 0.4) is 0 Å². The van der Waals surface area contributed by atoms with Crippen molar-refractivity contribution in [1.29, 1.82) is 0 Å². The van der Waals surface area contributed by atoms with E-state index in [4.69, 9.17) is 4.74 Å². The summed E-state index contributed by atoms with van der Waals surface area (Å²) in [6.45, 7) is 3.19. The second kappa shape index (κ2) is 10.3. The first-order valence-corrected chi connectivity index (χ1v) is 10.1. The fourth-order valence-corrected chi connectivity index (χ4v) is 3.97. The number of amides is 1. The van der Waals surface area contributed by atoms with Gasteiger partial charge in [0.05, 0.1) is 12.1 Å². The van der Waals surface area contributed by atoms with E-state index in [9.17, 15) is 23.2 Å². The van der Waals surface area contributed by atoms with Gasteiger partial charge in [-0.2, -0.15) is 8.78 Å². The Labute approximate surface area is 169 Å². The lowest BCUT2D eigenvalue weighted by Crippen LogP contribution is -2.21. The van der Waals surface area contributed by atoms with Gasteiger partial charge in [0, 0.05) is 26.6 Å². The van der Waals surface area contributed by atoms with Crippen LogP contribution >= 0.6 is 23.1 Å². The van der Waals surface area contributed by atoms with Gasteiger partial charge in [-0.15, -0.1) is 11.3 Å². The molecule has 0 aliphatic carbocycles. The van der Waals surface area contributed by atoms with Crippen LogP contribution in [0, 0.1) is 13.8 Å². The Balaban J connectivity index is 1.79. The van der Waals surface area contributed by atoms with Gasteiger partial charge in [-0.3, -0.25) is 14.4 Å². The van der Waals surface area contributed by atoms with E-state index in [0.717, 1.165) is 9.75 Å². The van der Waals surface area contributed by atoms with Crippen LogP contribution in [0.4, 0.5) is 14.5 Å². The Morgan fingerprint density at radius 3 is 2.54 bits per heavy atom. The molecule has 1 aromatic heterocycles. The number of rotatable bonds is 9. The molecule has 0 fully saturated rings. The van der Waals surface area contributed by atoms with Crippen molar-refractivity contribution in [1.82, 2.24) is 0 Å². The summed E-state index contributed by atoms with van der Waals surface area (Å²) < 4.78 is 30.0. The zero-order valence-corrected chi connectivity index (χ0v) is 16.9. The van der Waals surface area contributed by atoms with Crippen LogP contribution in [-0.4, -0.2) is 30.0 Å². The van der Waals surface area contributed by atoms with E-state index in [1.54, 1.807) is 18.2 Å². The minimum atomic E-state index is -2.62. The molecule has 1 aromatic carbocycles. The minimum Gasteiger partial charge on any atom is -0.456 e. The Kier molecular flexibility index (Phi) is 8.13. The van der Waals surface area contributed by atoms with Crippen LogP contribution in [0.1, 0.15) is 33.0 Å². The number of carbonyl (C=O) groups excluding carboxylic acids is 3. The highest BCUT2D eigenvalue weighted by atomic mass is 32.2. The molecule has 0 saturated heterocycles.